The lowest BCUT2D eigenvalue weighted by atomic mass is 10.1. The maximum Gasteiger partial charge on any atom is 0.333 e. The van der Waals surface area contributed by atoms with E-state index in [1.165, 1.54) is 25.7 Å². The smallest absolute Gasteiger partial charge is 0.333 e. The molecule has 0 saturated heterocycles. The summed E-state index contributed by atoms with van der Waals surface area (Å²) in [4.78, 5) is 11.1. The molecule has 0 rings (SSSR count). The summed E-state index contributed by atoms with van der Waals surface area (Å²) in [5.41, 5.74) is 0.278. The van der Waals surface area contributed by atoms with E-state index in [0.29, 0.717) is 5.57 Å². The van der Waals surface area contributed by atoms with E-state index in [1.54, 1.807) is 6.92 Å². The number of rotatable bonds is 8. The Kier molecular flexibility index (Phi) is 8.38. The number of esters is 1. The van der Waals surface area contributed by atoms with Crippen LogP contribution in [0.4, 0.5) is 0 Å². The van der Waals surface area contributed by atoms with Crippen molar-refractivity contribution >= 4 is 16.2 Å². The Hall–Kier alpha value is -0.573. The third-order valence-corrected chi connectivity index (χ3v) is 2.57. The highest BCUT2D eigenvalue weighted by Crippen LogP contribution is 2.08. The number of ether oxygens (including phenoxy) is 1. The van der Waals surface area contributed by atoms with Gasteiger partial charge in [-0.25, -0.2) is 4.79 Å². The summed E-state index contributed by atoms with van der Waals surface area (Å²) in [6.45, 7) is 7.38. The lowest BCUT2D eigenvalue weighted by Crippen LogP contribution is -2.18. The fraction of sp³-hybridized carbons (Fsp3) is 0.750. The average Bonchev–Trinajstić information content (AvgIpc) is 2.17. The third-order valence-electron chi connectivity index (χ3n) is 2.17. The van der Waals surface area contributed by atoms with Crippen LogP contribution >= 0.6 is 0 Å². The Morgan fingerprint density at radius 1 is 1.33 bits per heavy atom. The molecule has 0 aliphatic carbocycles. The van der Waals surface area contributed by atoms with Crippen LogP contribution in [0.15, 0.2) is 12.2 Å². The van der Waals surface area contributed by atoms with Crippen molar-refractivity contribution in [3.05, 3.63) is 12.2 Å². The molecule has 0 N–H and O–H groups in total. The predicted molar refractivity (Wildman–Crippen MR) is 63.8 cm³/mol. The Morgan fingerprint density at radius 2 is 1.93 bits per heavy atom. The number of unbranched alkanes of at least 4 members (excludes halogenated alkanes) is 4. The molecule has 85 valence electrons. The first kappa shape index (κ1) is 14.4. The summed E-state index contributed by atoms with van der Waals surface area (Å²) in [5.74, 6) is -0.316. The van der Waals surface area contributed by atoms with Gasteiger partial charge in [0.05, 0.1) is 16.0 Å². The lowest BCUT2D eigenvalue weighted by molar-refractivity contribution is -0.140. The van der Waals surface area contributed by atoms with Crippen molar-refractivity contribution in [1.29, 1.82) is 0 Å². The zero-order valence-corrected chi connectivity index (χ0v) is 10.8. The molecule has 0 aromatic heterocycles. The predicted octanol–water partition coefficient (Wildman–Crippen LogP) is 2.96. The van der Waals surface area contributed by atoms with E-state index in [1.807, 2.05) is 0 Å². The zero-order chi connectivity index (χ0) is 11.7. The quantitative estimate of drug-likeness (QED) is 0.275. The van der Waals surface area contributed by atoms with Crippen LogP contribution in [0.1, 0.15) is 52.4 Å². The van der Waals surface area contributed by atoms with E-state index in [-0.39, 0.29) is 11.7 Å². The van der Waals surface area contributed by atoms with Gasteiger partial charge < -0.3 is 4.74 Å². The minimum absolute atomic E-state index is 0.171. The molecule has 3 heteroatoms. The Balaban J connectivity index is 3.45. The van der Waals surface area contributed by atoms with E-state index < -0.39 is 0 Å². The molecule has 0 bridgehead atoms. The molecule has 0 amide bonds. The molecule has 15 heavy (non-hydrogen) atoms. The molecule has 0 fully saturated rings. The fourth-order valence-corrected chi connectivity index (χ4v) is 1.53. The van der Waals surface area contributed by atoms with Crippen molar-refractivity contribution in [1.82, 2.24) is 0 Å². The van der Waals surface area contributed by atoms with Crippen LogP contribution in [0.5, 0.6) is 0 Å². The van der Waals surface area contributed by atoms with E-state index in [2.05, 4.69) is 23.7 Å². The molecular weight excluding hydrogens is 204 g/mol. The average molecular weight is 225 g/mol. The Labute approximate surface area is 96.5 Å². The first-order valence-electron chi connectivity index (χ1n) is 5.65. The van der Waals surface area contributed by atoms with Crippen molar-refractivity contribution in [3.63, 3.8) is 0 Å². The van der Waals surface area contributed by atoms with E-state index in [9.17, 15) is 4.79 Å². The van der Waals surface area contributed by atoms with Crippen LogP contribution in [0.2, 0.25) is 0 Å². The number of carbonyl (C=O) groups is 1. The highest BCUT2D eigenvalue weighted by atomic mass is 28.1. The van der Waals surface area contributed by atoms with Crippen molar-refractivity contribution in [2.45, 2.75) is 58.1 Å². The van der Waals surface area contributed by atoms with Gasteiger partial charge in [0.2, 0.25) is 0 Å². The van der Waals surface area contributed by atoms with E-state index in [4.69, 9.17) is 4.74 Å². The number of carbonyl (C=O) groups excluding carboxylic acids is 1. The second-order valence-corrected chi connectivity index (χ2v) is 4.52. The molecule has 0 aromatic carbocycles. The normalized spacial score (nSPS) is 12.2. The summed E-state index contributed by atoms with van der Waals surface area (Å²) in [7, 11) is 3.38. The molecule has 0 aromatic rings. The molecule has 2 nitrogen and oxygen atoms in total. The van der Waals surface area contributed by atoms with Crippen LogP contribution < -0.4 is 0 Å². The molecular formula is C12H21O2Si. The molecule has 0 aliphatic heterocycles. The van der Waals surface area contributed by atoms with Gasteiger partial charge in [-0.1, -0.05) is 45.6 Å². The second kappa shape index (κ2) is 8.71. The van der Waals surface area contributed by atoms with Gasteiger partial charge in [-0.3, -0.25) is 0 Å². The summed E-state index contributed by atoms with van der Waals surface area (Å²) in [5, 5.41) is 0. The van der Waals surface area contributed by atoms with Crippen LogP contribution in [-0.2, 0) is 9.53 Å². The van der Waals surface area contributed by atoms with Gasteiger partial charge in [-0.05, 0) is 13.3 Å². The van der Waals surface area contributed by atoms with Crippen LogP contribution in [0.3, 0.4) is 0 Å². The molecule has 1 atom stereocenters. The highest BCUT2D eigenvalue weighted by Gasteiger charge is 2.09. The minimum atomic E-state index is -0.316. The maximum absolute atomic E-state index is 11.1. The van der Waals surface area contributed by atoms with Gasteiger partial charge in [0.15, 0.2) is 0 Å². The molecule has 3 radical (unpaired) electrons. The van der Waals surface area contributed by atoms with Crippen molar-refractivity contribution in [2.24, 2.45) is 0 Å². The monoisotopic (exact) mass is 225 g/mol. The van der Waals surface area contributed by atoms with Crippen LogP contribution in [0, 0.1) is 0 Å². The second-order valence-electron chi connectivity index (χ2n) is 3.88. The summed E-state index contributed by atoms with van der Waals surface area (Å²) >= 11 is 0. The molecule has 0 saturated carbocycles. The van der Waals surface area contributed by atoms with Gasteiger partial charge in [-0.15, -0.1) is 0 Å². The fourth-order valence-electron chi connectivity index (χ4n) is 1.22. The number of hydrogen-bond acceptors (Lipinski definition) is 2. The number of hydrogen-bond donors (Lipinski definition) is 0. The first-order chi connectivity index (χ1) is 7.07. The molecule has 0 aliphatic rings. The summed E-state index contributed by atoms with van der Waals surface area (Å²) in [6.07, 6.45) is 6.99. The van der Waals surface area contributed by atoms with E-state index >= 15 is 0 Å². The van der Waals surface area contributed by atoms with Gasteiger partial charge in [0, 0.05) is 5.57 Å². The molecule has 0 spiro atoms. The SMILES string of the molecule is C=C(C)C(=O)OC([Si])CCCCCCC. The Morgan fingerprint density at radius 3 is 2.47 bits per heavy atom. The van der Waals surface area contributed by atoms with Gasteiger partial charge in [0.1, 0.15) is 0 Å². The van der Waals surface area contributed by atoms with Crippen LogP contribution in [-0.4, -0.2) is 21.9 Å². The zero-order valence-electron chi connectivity index (χ0n) is 9.84. The largest absolute Gasteiger partial charge is 0.464 e. The van der Waals surface area contributed by atoms with Crippen molar-refractivity contribution in [2.75, 3.05) is 0 Å². The Bertz CT molecular complexity index is 202. The maximum atomic E-state index is 11.1. The van der Waals surface area contributed by atoms with Gasteiger partial charge in [-0.2, -0.15) is 0 Å². The van der Waals surface area contributed by atoms with Crippen molar-refractivity contribution < 1.29 is 9.53 Å². The highest BCUT2D eigenvalue weighted by molar-refractivity contribution is 6.12. The first-order valence-corrected chi connectivity index (χ1v) is 6.23. The summed E-state index contributed by atoms with van der Waals surface area (Å²) < 4.78 is 5.09. The molecule has 1 unspecified atom stereocenters. The van der Waals surface area contributed by atoms with Gasteiger partial charge >= 0.3 is 5.97 Å². The topological polar surface area (TPSA) is 26.3 Å². The lowest BCUT2D eigenvalue weighted by Gasteiger charge is -2.12. The van der Waals surface area contributed by atoms with E-state index in [0.717, 1.165) is 12.8 Å². The third kappa shape index (κ3) is 8.42. The summed E-state index contributed by atoms with van der Waals surface area (Å²) in [6, 6.07) is 0. The minimum Gasteiger partial charge on any atom is -0.464 e. The van der Waals surface area contributed by atoms with Crippen molar-refractivity contribution in [3.8, 4) is 0 Å². The standard InChI is InChI=1S/C12H21O2Si/c1-4-5-6-7-8-9-11(15)14-12(13)10(2)3/h11H,2,4-9H2,1,3H3. The van der Waals surface area contributed by atoms with Crippen LogP contribution in [0.25, 0.3) is 0 Å². The molecule has 0 heterocycles. The van der Waals surface area contributed by atoms with Gasteiger partial charge in [0.25, 0.3) is 0 Å².